The second-order valence-corrected chi connectivity index (χ2v) is 5.28. The van der Waals surface area contributed by atoms with E-state index in [0.717, 1.165) is 25.8 Å². The van der Waals surface area contributed by atoms with Crippen molar-refractivity contribution in [2.75, 3.05) is 6.61 Å². The minimum Gasteiger partial charge on any atom is -0.394 e. The molecule has 0 radical (unpaired) electrons. The Morgan fingerprint density at radius 2 is 2.18 bits per heavy atom. The Bertz CT molecular complexity index is 298. The molecule has 1 aromatic heterocycles. The van der Waals surface area contributed by atoms with Crippen LogP contribution >= 0.6 is 0 Å². The van der Waals surface area contributed by atoms with E-state index in [9.17, 15) is 5.11 Å². The van der Waals surface area contributed by atoms with Crippen molar-refractivity contribution < 1.29 is 5.11 Å². The molecule has 17 heavy (non-hydrogen) atoms. The van der Waals surface area contributed by atoms with Gasteiger partial charge in [-0.05, 0) is 26.2 Å². The molecule has 0 aliphatic rings. The van der Waals surface area contributed by atoms with E-state index < -0.39 is 0 Å². The number of hydrogen-bond donors (Lipinski definition) is 2. The quantitative estimate of drug-likeness (QED) is 0.680. The van der Waals surface area contributed by atoms with Crippen LogP contribution in [0, 0.1) is 0 Å². The summed E-state index contributed by atoms with van der Waals surface area (Å²) in [5.74, 6) is 0. The fraction of sp³-hybridized carbons (Fsp3) is 0.769. The molecule has 0 saturated heterocycles. The Hall–Kier alpha value is -0.870. The first-order valence-corrected chi connectivity index (χ1v) is 6.40. The van der Waals surface area contributed by atoms with E-state index >= 15 is 0 Å². The highest BCUT2D eigenvalue weighted by molar-refractivity contribution is 4.83. The second kappa shape index (κ2) is 6.77. The molecular formula is C13H25N3O. The number of nitrogens with zero attached hydrogens (tertiary/aromatic N) is 2. The molecule has 2 N–H and O–H groups in total. The van der Waals surface area contributed by atoms with E-state index in [1.165, 1.54) is 0 Å². The number of rotatable bonds is 8. The standard InChI is InChI=1S/C13H25N3O/c1-12(2)15-13(3,10-17)6-4-5-8-16-9-7-14-11-16/h7,9,11-12,15,17H,4-6,8,10H2,1-3H3. The van der Waals surface area contributed by atoms with E-state index in [-0.39, 0.29) is 12.1 Å². The highest BCUT2D eigenvalue weighted by Crippen LogP contribution is 2.14. The fourth-order valence-electron chi connectivity index (χ4n) is 2.12. The van der Waals surface area contributed by atoms with Crippen LogP contribution in [0.4, 0.5) is 0 Å². The third-order valence-electron chi connectivity index (χ3n) is 2.94. The SMILES string of the molecule is CC(C)NC(C)(CO)CCCCn1ccnc1. The van der Waals surface area contributed by atoms with Gasteiger partial charge in [-0.2, -0.15) is 0 Å². The van der Waals surface area contributed by atoms with Gasteiger partial charge in [-0.1, -0.05) is 13.8 Å². The molecule has 4 heteroatoms. The van der Waals surface area contributed by atoms with Gasteiger partial charge in [0.2, 0.25) is 0 Å². The van der Waals surface area contributed by atoms with Gasteiger partial charge in [-0.3, -0.25) is 0 Å². The van der Waals surface area contributed by atoms with Gasteiger partial charge in [-0.25, -0.2) is 4.98 Å². The summed E-state index contributed by atoms with van der Waals surface area (Å²) >= 11 is 0. The Balaban J connectivity index is 2.23. The summed E-state index contributed by atoms with van der Waals surface area (Å²) in [7, 11) is 0. The Kier molecular flexibility index (Phi) is 5.65. The molecule has 0 spiro atoms. The molecule has 0 aromatic carbocycles. The highest BCUT2D eigenvalue weighted by Gasteiger charge is 2.22. The van der Waals surface area contributed by atoms with Gasteiger partial charge in [0.15, 0.2) is 0 Å². The van der Waals surface area contributed by atoms with Crippen LogP contribution in [-0.4, -0.2) is 32.8 Å². The van der Waals surface area contributed by atoms with Crippen molar-refractivity contribution in [2.24, 2.45) is 0 Å². The molecule has 1 aromatic rings. The molecule has 0 bridgehead atoms. The summed E-state index contributed by atoms with van der Waals surface area (Å²) in [6.07, 6.45) is 8.85. The minimum atomic E-state index is -0.150. The molecule has 1 heterocycles. The number of nitrogens with one attached hydrogen (secondary N) is 1. The van der Waals surface area contributed by atoms with Crippen LogP contribution in [-0.2, 0) is 6.54 Å². The molecule has 0 saturated carbocycles. The number of aryl methyl sites for hydroxylation is 1. The summed E-state index contributed by atoms with van der Waals surface area (Å²) in [5.41, 5.74) is -0.150. The third-order valence-corrected chi connectivity index (χ3v) is 2.94. The van der Waals surface area contributed by atoms with E-state index in [1.54, 1.807) is 6.20 Å². The average molecular weight is 239 g/mol. The maximum absolute atomic E-state index is 9.44. The van der Waals surface area contributed by atoms with E-state index in [2.05, 4.69) is 35.6 Å². The molecule has 1 unspecified atom stereocenters. The molecule has 0 fully saturated rings. The van der Waals surface area contributed by atoms with Crippen LogP contribution in [0.2, 0.25) is 0 Å². The molecule has 0 amide bonds. The van der Waals surface area contributed by atoms with Crippen molar-refractivity contribution in [2.45, 2.75) is 58.2 Å². The maximum atomic E-state index is 9.44. The normalized spacial score (nSPS) is 15.1. The monoisotopic (exact) mass is 239 g/mol. The van der Waals surface area contributed by atoms with Crippen molar-refractivity contribution in [3.05, 3.63) is 18.7 Å². The Labute approximate surface area is 104 Å². The maximum Gasteiger partial charge on any atom is 0.0945 e. The van der Waals surface area contributed by atoms with Gasteiger partial charge in [0.05, 0.1) is 12.9 Å². The van der Waals surface area contributed by atoms with Gasteiger partial charge in [0.1, 0.15) is 0 Å². The van der Waals surface area contributed by atoms with Crippen LogP contribution in [0.5, 0.6) is 0 Å². The summed E-state index contributed by atoms with van der Waals surface area (Å²) in [4.78, 5) is 4.02. The first-order valence-electron chi connectivity index (χ1n) is 6.40. The van der Waals surface area contributed by atoms with Crippen LogP contribution in [0.15, 0.2) is 18.7 Å². The minimum absolute atomic E-state index is 0.150. The predicted octanol–water partition coefficient (Wildman–Crippen LogP) is 1.80. The number of hydrogen-bond acceptors (Lipinski definition) is 3. The zero-order chi connectivity index (χ0) is 12.7. The lowest BCUT2D eigenvalue weighted by atomic mass is 9.95. The zero-order valence-corrected chi connectivity index (χ0v) is 11.2. The molecule has 4 nitrogen and oxygen atoms in total. The van der Waals surface area contributed by atoms with Crippen molar-refractivity contribution in [3.63, 3.8) is 0 Å². The Morgan fingerprint density at radius 1 is 1.41 bits per heavy atom. The lowest BCUT2D eigenvalue weighted by Crippen LogP contribution is -2.49. The van der Waals surface area contributed by atoms with E-state index in [1.807, 2.05) is 12.5 Å². The summed E-state index contributed by atoms with van der Waals surface area (Å²) in [6, 6.07) is 0.404. The summed E-state index contributed by atoms with van der Waals surface area (Å²) < 4.78 is 2.09. The lowest BCUT2D eigenvalue weighted by Gasteiger charge is -2.31. The molecule has 1 rings (SSSR count). The first-order chi connectivity index (χ1) is 8.06. The average Bonchev–Trinajstić information content (AvgIpc) is 2.76. The predicted molar refractivity (Wildman–Crippen MR) is 69.8 cm³/mol. The highest BCUT2D eigenvalue weighted by atomic mass is 16.3. The van der Waals surface area contributed by atoms with Crippen LogP contribution < -0.4 is 5.32 Å². The molecule has 1 atom stereocenters. The number of aliphatic hydroxyl groups excluding tert-OH is 1. The van der Waals surface area contributed by atoms with Crippen molar-refractivity contribution in [1.29, 1.82) is 0 Å². The van der Waals surface area contributed by atoms with Crippen LogP contribution in [0.3, 0.4) is 0 Å². The fourth-order valence-corrected chi connectivity index (χ4v) is 2.12. The van der Waals surface area contributed by atoms with Crippen molar-refractivity contribution in [3.8, 4) is 0 Å². The van der Waals surface area contributed by atoms with Gasteiger partial charge >= 0.3 is 0 Å². The molecule has 0 aliphatic carbocycles. The smallest absolute Gasteiger partial charge is 0.0945 e. The summed E-state index contributed by atoms with van der Waals surface area (Å²) in [6.45, 7) is 7.50. The summed E-state index contributed by atoms with van der Waals surface area (Å²) in [5, 5.41) is 12.9. The molecule has 0 aliphatic heterocycles. The van der Waals surface area contributed by atoms with Gasteiger partial charge in [-0.15, -0.1) is 0 Å². The largest absolute Gasteiger partial charge is 0.394 e. The molecular weight excluding hydrogens is 214 g/mol. The van der Waals surface area contributed by atoms with Crippen LogP contribution in [0.1, 0.15) is 40.0 Å². The lowest BCUT2D eigenvalue weighted by molar-refractivity contribution is 0.153. The third kappa shape index (κ3) is 5.33. The number of imidazole rings is 1. The Morgan fingerprint density at radius 3 is 2.71 bits per heavy atom. The number of unbranched alkanes of at least 4 members (excludes halogenated alkanes) is 1. The zero-order valence-electron chi connectivity index (χ0n) is 11.2. The topological polar surface area (TPSA) is 50.1 Å². The van der Waals surface area contributed by atoms with E-state index in [4.69, 9.17) is 0 Å². The number of aromatic nitrogens is 2. The number of aliphatic hydroxyl groups is 1. The van der Waals surface area contributed by atoms with Crippen molar-refractivity contribution in [1.82, 2.24) is 14.9 Å². The van der Waals surface area contributed by atoms with Crippen LogP contribution in [0.25, 0.3) is 0 Å². The molecule has 98 valence electrons. The van der Waals surface area contributed by atoms with Crippen molar-refractivity contribution >= 4 is 0 Å². The first kappa shape index (κ1) is 14.2. The van der Waals surface area contributed by atoms with E-state index in [0.29, 0.717) is 6.04 Å². The van der Waals surface area contributed by atoms with Gasteiger partial charge in [0.25, 0.3) is 0 Å². The second-order valence-electron chi connectivity index (χ2n) is 5.28. The van der Waals surface area contributed by atoms with Gasteiger partial charge < -0.3 is 15.0 Å². The van der Waals surface area contributed by atoms with Gasteiger partial charge in [0, 0.05) is 30.5 Å².